The Bertz CT molecular complexity index is 1080. The number of carbonyl (C=O) groups is 1. The first kappa shape index (κ1) is 20.0. The van der Waals surface area contributed by atoms with E-state index in [0.717, 1.165) is 30.5 Å². The number of aryl methyl sites for hydroxylation is 1. The minimum atomic E-state index is -3.11. The van der Waals surface area contributed by atoms with Gasteiger partial charge in [-0.25, -0.2) is 8.42 Å². The smallest absolute Gasteiger partial charge is 0.274 e. The average molecular weight is 440 g/mol. The van der Waals surface area contributed by atoms with Gasteiger partial charge in [-0.05, 0) is 31.7 Å². The third-order valence-electron chi connectivity index (χ3n) is 5.42. The molecule has 1 amide bonds. The van der Waals surface area contributed by atoms with Crippen molar-refractivity contribution in [3.05, 3.63) is 34.1 Å². The van der Waals surface area contributed by atoms with Gasteiger partial charge in [0.15, 0.2) is 9.84 Å². The fourth-order valence-corrected chi connectivity index (χ4v) is 5.96. The number of benzene rings is 1. The average Bonchev–Trinajstić information content (AvgIpc) is 3.35. The van der Waals surface area contributed by atoms with Crippen LogP contribution in [0.2, 0.25) is 5.02 Å². The molecule has 1 aromatic carbocycles. The van der Waals surface area contributed by atoms with Gasteiger partial charge in [0.25, 0.3) is 5.91 Å². The molecule has 156 valence electrons. The third-order valence-corrected chi connectivity index (χ3v) is 7.47. The fraction of sp³-hybridized carbons (Fsp3) is 0.474. The molecule has 4 rings (SSSR count). The van der Waals surface area contributed by atoms with E-state index in [2.05, 4.69) is 10.4 Å². The zero-order valence-corrected chi connectivity index (χ0v) is 17.8. The van der Waals surface area contributed by atoms with Crippen molar-refractivity contribution >= 4 is 33.0 Å². The number of fused-ring (bicyclic) bond motifs is 1. The highest BCUT2D eigenvalue weighted by Gasteiger charge is 2.35. The summed E-state index contributed by atoms with van der Waals surface area (Å²) >= 11 is 6.21. The number of ether oxygens (including phenoxy) is 2. The Morgan fingerprint density at radius 1 is 1.24 bits per heavy atom. The summed E-state index contributed by atoms with van der Waals surface area (Å²) in [6, 6.07) is 2.84. The summed E-state index contributed by atoms with van der Waals surface area (Å²) in [5.74, 6) is 0.607. The lowest BCUT2D eigenvalue weighted by Gasteiger charge is -2.16. The van der Waals surface area contributed by atoms with Crippen molar-refractivity contribution in [2.75, 3.05) is 31.0 Å². The van der Waals surface area contributed by atoms with Gasteiger partial charge in [-0.15, -0.1) is 0 Å². The molecule has 0 bridgehead atoms. The van der Waals surface area contributed by atoms with Crippen LogP contribution in [-0.2, 0) is 22.7 Å². The van der Waals surface area contributed by atoms with E-state index in [9.17, 15) is 13.2 Å². The molecule has 1 aromatic heterocycles. The second kappa shape index (κ2) is 7.53. The Morgan fingerprint density at radius 3 is 2.66 bits per heavy atom. The predicted molar refractivity (Wildman–Crippen MR) is 109 cm³/mol. The molecule has 10 heteroatoms. The molecule has 1 aliphatic carbocycles. The molecule has 1 fully saturated rings. The minimum absolute atomic E-state index is 0.00548. The van der Waals surface area contributed by atoms with Crippen LogP contribution in [0.15, 0.2) is 12.1 Å². The number of carbonyl (C=O) groups excluding carboxylic acids is 1. The van der Waals surface area contributed by atoms with E-state index in [-0.39, 0.29) is 23.5 Å². The Kier molecular flexibility index (Phi) is 5.20. The first-order valence-electron chi connectivity index (χ1n) is 9.36. The van der Waals surface area contributed by atoms with Gasteiger partial charge < -0.3 is 14.8 Å². The summed E-state index contributed by atoms with van der Waals surface area (Å²) in [5.41, 5.74) is 2.60. The van der Waals surface area contributed by atoms with E-state index in [1.54, 1.807) is 16.8 Å². The molecule has 29 heavy (non-hydrogen) atoms. The van der Waals surface area contributed by atoms with Gasteiger partial charge in [-0.1, -0.05) is 11.6 Å². The van der Waals surface area contributed by atoms with Crippen LogP contribution in [0.4, 0.5) is 5.69 Å². The van der Waals surface area contributed by atoms with Gasteiger partial charge in [0.1, 0.15) is 17.2 Å². The molecule has 1 N–H and O–H groups in total. The number of sulfone groups is 1. The van der Waals surface area contributed by atoms with E-state index in [1.807, 2.05) is 0 Å². The number of hydrogen-bond acceptors (Lipinski definition) is 6. The normalized spacial score (nSPS) is 19.8. The molecule has 1 aliphatic heterocycles. The molecular weight excluding hydrogens is 418 g/mol. The largest absolute Gasteiger partial charge is 0.495 e. The highest BCUT2D eigenvalue weighted by molar-refractivity contribution is 7.91. The highest BCUT2D eigenvalue weighted by atomic mass is 35.5. The van der Waals surface area contributed by atoms with Crippen molar-refractivity contribution in [3.63, 3.8) is 0 Å². The van der Waals surface area contributed by atoms with Crippen LogP contribution in [0.3, 0.4) is 0 Å². The lowest BCUT2D eigenvalue weighted by atomic mass is 10.1. The van der Waals surface area contributed by atoms with Crippen LogP contribution >= 0.6 is 11.6 Å². The third kappa shape index (κ3) is 3.69. The maximum atomic E-state index is 13.3. The molecule has 0 unspecified atom stereocenters. The Balaban J connectivity index is 1.70. The molecule has 8 nitrogen and oxygen atoms in total. The van der Waals surface area contributed by atoms with E-state index in [4.69, 9.17) is 21.1 Å². The zero-order chi connectivity index (χ0) is 20.8. The van der Waals surface area contributed by atoms with Gasteiger partial charge in [-0.2, -0.15) is 5.10 Å². The summed E-state index contributed by atoms with van der Waals surface area (Å²) in [6.45, 7) is 0. The molecule has 1 saturated heterocycles. The van der Waals surface area contributed by atoms with Crippen molar-refractivity contribution in [1.82, 2.24) is 9.78 Å². The molecule has 2 aromatic rings. The first-order chi connectivity index (χ1) is 13.8. The zero-order valence-electron chi connectivity index (χ0n) is 16.2. The molecule has 0 spiro atoms. The summed E-state index contributed by atoms with van der Waals surface area (Å²) < 4.78 is 36.1. The second-order valence-electron chi connectivity index (χ2n) is 7.27. The Hall–Kier alpha value is -2.26. The fourth-order valence-electron chi connectivity index (χ4n) is 4.02. The number of methoxy groups -OCH3 is 2. The molecule has 1 atom stereocenters. The van der Waals surface area contributed by atoms with Crippen LogP contribution in [0.5, 0.6) is 11.5 Å². The van der Waals surface area contributed by atoms with Crippen molar-refractivity contribution in [3.8, 4) is 11.5 Å². The Labute approximate surface area is 174 Å². The van der Waals surface area contributed by atoms with Crippen molar-refractivity contribution in [2.24, 2.45) is 0 Å². The number of rotatable bonds is 5. The van der Waals surface area contributed by atoms with Gasteiger partial charge in [-0.3, -0.25) is 9.48 Å². The van der Waals surface area contributed by atoms with Crippen LogP contribution < -0.4 is 14.8 Å². The lowest BCUT2D eigenvalue weighted by molar-refractivity contribution is 0.101. The predicted octanol–water partition coefficient (Wildman–Crippen LogP) is 2.65. The molecule has 0 radical (unpaired) electrons. The lowest BCUT2D eigenvalue weighted by Crippen LogP contribution is -2.23. The standard InChI is InChI=1S/C19H22ClN3O5S/c1-27-16-9-17(28-2)15(8-13(16)20)21-19(24)18-12-4-3-5-14(12)22-23(18)11-6-7-29(25,26)10-11/h8-9,11H,3-7,10H2,1-2H3,(H,21,24)/t11-/m0/s1. The van der Waals surface area contributed by atoms with Gasteiger partial charge >= 0.3 is 0 Å². The number of nitrogens with one attached hydrogen (secondary N) is 1. The van der Waals surface area contributed by atoms with Gasteiger partial charge in [0.2, 0.25) is 0 Å². The maximum Gasteiger partial charge on any atom is 0.274 e. The molecule has 0 saturated carbocycles. The molecule has 2 heterocycles. The van der Waals surface area contributed by atoms with Crippen LogP contribution in [0.25, 0.3) is 0 Å². The first-order valence-corrected chi connectivity index (χ1v) is 11.6. The van der Waals surface area contributed by atoms with E-state index in [0.29, 0.717) is 34.3 Å². The van der Waals surface area contributed by atoms with E-state index >= 15 is 0 Å². The number of anilines is 1. The quantitative estimate of drug-likeness (QED) is 0.768. The summed E-state index contributed by atoms with van der Waals surface area (Å²) in [7, 11) is -0.119. The van der Waals surface area contributed by atoms with Crippen LogP contribution in [0.1, 0.15) is 40.6 Å². The SMILES string of the molecule is COc1cc(OC)c(NC(=O)c2c3c(nn2[C@H]2CCS(=O)(=O)C2)CCC3)cc1Cl. The van der Waals surface area contributed by atoms with Crippen LogP contribution in [0, 0.1) is 0 Å². The summed E-state index contributed by atoms with van der Waals surface area (Å²) in [4.78, 5) is 13.3. The highest BCUT2D eigenvalue weighted by Crippen LogP contribution is 2.37. The van der Waals surface area contributed by atoms with Gasteiger partial charge in [0, 0.05) is 11.6 Å². The topological polar surface area (TPSA) is 99.5 Å². The number of hydrogen-bond donors (Lipinski definition) is 1. The van der Waals surface area contributed by atoms with Gasteiger partial charge in [0.05, 0.1) is 48.2 Å². The molecule has 2 aliphatic rings. The maximum absolute atomic E-state index is 13.3. The monoisotopic (exact) mass is 439 g/mol. The summed E-state index contributed by atoms with van der Waals surface area (Å²) in [5, 5.41) is 7.80. The molecular formula is C19H22ClN3O5S. The van der Waals surface area contributed by atoms with Crippen molar-refractivity contribution in [1.29, 1.82) is 0 Å². The Morgan fingerprint density at radius 2 is 2.00 bits per heavy atom. The van der Waals surface area contributed by atoms with E-state index < -0.39 is 9.84 Å². The number of nitrogens with zero attached hydrogens (tertiary/aromatic N) is 2. The number of halogens is 1. The second-order valence-corrected chi connectivity index (χ2v) is 9.91. The van der Waals surface area contributed by atoms with Crippen LogP contribution in [-0.4, -0.2) is 49.8 Å². The van der Waals surface area contributed by atoms with E-state index in [1.165, 1.54) is 14.2 Å². The number of aromatic nitrogens is 2. The van der Waals surface area contributed by atoms with Crippen molar-refractivity contribution in [2.45, 2.75) is 31.7 Å². The summed E-state index contributed by atoms with van der Waals surface area (Å²) in [6.07, 6.45) is 2.93. The minimum Gasteiger partial charge on any atom is -0.495 e. The number of amides is 1. The van der Waals surface area contributed by atoms with Crippen molar-refractivity contribution < 1.29 is 22.7 Å².